The molecule has 1 saturated heterocycles. The Morgan fingerprint density at radius 3 is 2.81 bits per heavy atom. The summed E-state index contributed by atoms with van der Waals surface area (Å²) in [6.07, 6.45) is 7.96. The van der Waals surface area contributed by atoms with Gasteiger partial charge in [-0.25, -0.2) is 4.98 Å². The largest absolute Gasteiger partial charge is 0.369 e. The highest BCUT2D eigenvalue weighted by Crippen LogP contribution is 2.37. The molecule has 2 aliphatic heterocycles. The van der Waals surface area contributed by atoms with Gasteiger partial charge in [0.2, 0.25) is 0 Å². The Balaban J connectivity index is 1.72. The quantitative estimate of drug-likeness (QED) is 0.820. The smallest absolute Gasteiger partial charge is 0.281 e. The summed E-state index contributed by atoms with van der Waals surface area (Å²) in [6.45, 7) is 0.890. The van der Waals surface area contributed by atoms with Gasteiger partial charge in [-0.1, -0.05) is 12.8 Å². The number of hydrogen-bond acceptors (Lipinski definition) is 5. The summed E-state index contributed by atoms with van der Waals surface area (Å²) in [5.74, 6) is 1.59. The highest BCUT2D eigenvalue weighted by Gasteiger charge is 2.47. The van der Waals surface area contributed by atoms with E-state index in [2.05, 4.69) is 15.6 Å². The van der Waals surface area contributed by atoms with E-state index in [1.165, 1.54) is 17.1 Å². The average Bonchev–Trinajstić information content (AvgIpc) is 3.15. The third kappa shape index (κ3) is 3.43. The van der Waals surface area contributed by atoms with E-state index in [9.17, 15) is 8.42 Å². The summed E-state index contributed by atoms with van der Waals surface area (Å²) < 4.78 is 28.4. The highest BCUT2D eigenvalue weighted by atomic mass is 32.2. The summed E-state index contributed by atoms with van der Waals surface area (Å²) in [5.41, 5.74) is 0.354. The van der Waals surface area contributed by atoms with E-state index in [1.54, 1.807) is 24.6 Å². The third-order valence-electron chi connectivity index (χ3n) is 5.75. The van der Waals surface area contributed by atoms with Crippen molar-refractivity contribution in [2.75, 3.05) is 37.8 Å². The van der Waals surface area contributed by atoms with Crippen molar-refractivity contribution in [2.24, 2.45) is 4.99 Å². The van der Waals surface area contributed by atoms with Crippen molar-refractivity contribution in [3.63, 3.8) is 0 Å². The molecule has 1 aromatic rings. The minimum atomic E-state index is -3.48. The van der Waals surface area contributed by atoms with Crippen LogP contribution in [0.2, 0.25) is 0 Å². The summed E-state index contributed by atoms with van der Waals surface area (Å²) >= 11 is 0. The van der Waals surface area contributed by atoms with Gasteiger partial charge in [0.25, 0.3) is 10.2 Å². The Labute approximate surface area is 161 Å². The lowest BCUT2D eigenvalue weighted by molar-refractivity contribution is 0.279. The summed E-state index contributed by atoms with van der Waals surface area (Å²) in [6, 6.07) is 4.16. The summed E-state index contributed by atoms with van der Waals surface area (Å²) in [5, 5.41) is 7.02. The molecular weight excluding hydrogens is 364 g/mol. The zero-order chi connectivity index (χ0) is 19.1. The maximum Gasteiger partial charge on any atom is 0.281 e. The van der Waals surface area contributed by atoms with Crippen LogP contribution in [0, 0.1) is 0 Å². The molecule has 9 heteroatoms. The van der Waals surface area contributed by atoms with Gasteiger partial charge in [-0.15, -0.1) is 0 Å². The molecule has 1 atom stereocenters. The Bertz CT molecular complexity index is 834. The predicted molar refractivity (Wildman–Crippen MR) is 107 cm³/mol. The number of pyridine rings is 1. The zero-order valence-corrected chi connectivity index (χ0v) is 16.8. The molecule has 2 N–H and O–H groups in total. The van der Waals surface area contributed by atoms with Crippen LogP contribution in [0.25, 0.3) is 0 Å². The molecule has 0 aromatic carbocycles. The molecule has 0 bridgehead atoms. The van der Waals surface area contributed by atoms with Crippen LogP contribution >= 0.6 is 0 Å². The molecule has 1 aliphatic carbocycles. The van der Waals surface area contributed by atoms with Crippen LogP contribution in [0.1, 0.15) is 38.5 Å². The van der Waals surface area contributed by atoms with Crippen molar-refractivity contribution in [1.82, 2.24) is 13.6 Å². The fourth-order valence-corrected chi connectivity index (χ4v) is 5.47. The lowest BCUT2D eigenvalue weighted by Crippen LogP contribution is -2.63. The van der Waals surface area contributed by atoms with Crippen molar-refractivity contribution < 1.29 is 8.42 Å². The topological polar surface area (TPSA) is 89.9 Å². The number of rotatable bonds is 3. The first-order valence-corrected chi connectivity index (χ1v) is 11.1. The molecule has 148 valence electrons. The number of piperidine rings is 1. The number of nitrogens with one attached hydrogen (secondary N) is 2. The molecule has 0 amide bonds. The van der Waals surface area contributed by atoms with Crippen molar-refractivity contribution in [1.29, 1.82) is 0 Å². The number of hydrogen-bond donors (Lipinski definition) is 2. The molecule has 0 radical (unpaired) electrons. The number of aliphatic imine (C=N–C) groups is 1. The number of amidine groups is 1. The van der Waals surface area contributed by atoms with E-state index in [1.807, 2.05) is 12.1 Å². The first kappa shape index (κ1) is 18.6. The molecule has 1 spiro atoms. The van der Waals surface area contributed by atoms with Gasteiger partial charge in [-0.2, -0.15) is 17.0 Å². The molecule has 3 aliphatic rings. The van der Waals surface area contributed by atoms with Crippen LogP contribution in [-0.4, -0.2) is 66.6 Å². The van der Waals surface area contributed by atoms with Gasteiger partial charge in [-0.3, -0.25) is 4.99 Å². The molecular formula is C18H28N6O2S. The number of anilines is 2. The van der Waals surface area contributed by atoms with Crippen LogP contribution in [0.4, 0.5) is 11.5 Å². The predicted octanol–water partition coefficient (Wildman–Crippen LogP) is 1.90. The van der Waals surface area contributed by atoms with E-state index in [0.717, 1.165) is 43.0 Å². The van der Waals surface area contributed by atoms with E-state index >= 15 is 0 Å². The van der Waals surface area contributed by atoms with E-state index in [4.69, 9.17) is 4.99 Å². The summed E-state index contributed by atoms with van der Waals surface area (Å²) in [4.78, 5) is 9.46. The van der Waals surface area contributed by atoms with Gasteiger partial charge in [-0.05, 0) is 37.8 Å². The van der Waals surface area contributed by atoms with E-state index < -0.39 is 15.7 Å². The van der Waals surface area contributed by atoms with E-state index in [0.29, 0.717) is 19.1 Å². The molecule has 2 fully saturated rings. The Hall–Kier alpha value is -1.71. The van der Waals surface area contributed by atoms with Crippen molar-refractivity contribution in [3.05, 3.63) is 18.3 Å². The molecule has 27 heavy (non-hydrogen) atoms. The van der Waals surface area contributed by atoms with Crippen LogP contribution in [-0.2, 0) is 10.2 Å². The number of fused-ring (bicyclic) bond motifs is 1. The maximum atomic E-state index is 12.8. The van der Waals surface area contributed by atoms with Gasteiger partial charge in [0, 0.05) is 33.4 Å². The highest BCUT2D eigenvalue weighted by molar-refractivity contribution is 7.86. The fourth-order valence-electron chi connectivity index (χ4n) is 4.27. The summed E-state index contributed by atoms with van der Waals surface area (Å²) in [7, 11) is -0.317. The van der Waals surface area contributed by atoms with Crippen molar-refractivity contribution in [2.45, 2.75) is 50.1 Å². The van der Waals surface area contributed by atoms with Crippen LogP contribution < -0.4 is 10.6 Å². The van der Waals surface area contributed by atoms with Crippen LogP contribution in [0.15, 0.2) is 23.3 Å². The van der Waals surface area contributed by atoms with Gasteiger partial charge in [0.05, 0.1) is 11.7 Å². The monoisotopic (exact) mass is 392 g/mol. The van der Waals surface area contributed by atoms with Crippen molar-refractivity contribution in [3.8, 4) is 0 Å². The van der Waals surface area contributed by atoms with Crippen LogP contribution in [0.3, 0.4) is 0 Å². The normalized spacial score (nSPS) is 28.3. The minimum Gasteiger partial charge on any atom is -0.369 e. The Kier molecular flexibility index (Phi) is 4.85. The van der Waals surface area contributed by atoms with Gasteiger partial charge >= 0.3 is 0 Å². The molecule has 1 aromatic heterocycles. The first-order chi connectivity index (χ1) is 12.9. The molecule has 3 heterocycles. The zero-order valence-electron chi connectivity index (χ0n) is 16.0. The van der Waals surface area contributed by atoms with Crippen LogP contribution in [0.5, 0.6) is 0 Å². The number of aromatic nitrogens is 1. The SMILES string of the molecule is CN(C)S(=O)(=O)N1CCCC2(C1)Nc1cccnc1NC2=NC1CCCC1. The molecule has 1 saturated carbocycles. The minimum absolute atomic E-state index is 0.303. The van der Waals surface area contributed by atoms with E-state index in [-0.39, 0.29) is 0 Å². The molecule has 4 rings (SSSR count). The average molecular weight is 393 g/mol. The Morgan fingerprint density at radius 2 is 2.07 bits per heavy atom. The first-order valence-electron chi connectivity index (χ1n) is 9.67. The lowest BCUT2D eigenvalue weighted by atomic mass is 9.86. The Morgan fingerprint density at radius 1 is 1.30 bits per heavy atom. The second-order valence-corrected chi connectivity index (χ2v) is 10.0. The molecule has 8 nitrogen and oxygen atoms in total. The molecule has 1 unspecified atom stereocenters. The maximum absolute atomic E-state index is 12.8. The van der Waals surface area contributed by atoms with Gasteiger partial charge in [0.1, 0.15) is 11.4 Å². The van der Waals surface area contributed by atoms with Gasteiger partial charge in [0.15, 0.2) is 5.82 Å². The second-order valence-electron chi connectivity index (χ2n) is 7.87. The van der Waals surface area contributed by atoms with Gasteiger partial charge < -0.3 is 10.6 Å². The standard InChI is InChI=1S/C18H28N6O2S/c1-23(2)27(25,26)24-12-6-10-18(13-24)17(20-14-7-3-4-8-14)21-16-15(22-18)9-5-11-19-16/h5,9,11,14,22H,3-4,6-8,10,12-13H2,1-2H3,(H,19,20,21). The fraction of sp³-hybridized carbons (Fsp3) is 0.667. The lowest BCUT2D eigenvalue weighted by Gasteiger charge is -2.47. The number of nitrogens with zero attached hydrogens (tertiary/aromatic N) is 4. The van der Waals surface area contributed by atoms with Crippen molar-refractivity contribution >= 4 is 27.6 Å². The second kappa shape index (κ2) is 7.03. The third-order valence-corrected chi connectivity index (χ3v) is 7.64.